The van der Waals surface area contributed by atoms with Crippen LogP contribution in [0.3, 0.4) is 0 Å². The van der Waals surface area contributed by atoms with E-state index in [1.54, 1.807) is 0 Å². The van der Waals surface area contributed by atoms with Crippen molar-refractivity contribution in [3.05, 3.63) is 0 Å². The van der Waals surface area contributed by atoms with Crippen LogP contribution in [0.5, 0.6) is 0 Å². The van der Waals surface area contributed by atoms with Gasteiger partial charge in [0.1, 0.15) is 159 Å². The maximum Gasteiger partial charge on any atom is 0.335 e. The van der Waals surface area contributed by atoms with Gasteiger partial charge in [0.15, 0.2) is 50.1 Å². The van der Waals surface area contributed by atoms with Gasteiger partial charge in [-0.3, -0.25) is 0 Å². The molecule has 454 valence electrons. The lowest BCUT2D eigenvalue weighted by Crippen LogP contribution is -2.67. The molecule has 7 aliphatic rings. The molecule has 0 amide bonds. The Morgan fingerprint density at radius 3 is 1.17 bits per heavy atom. The predicted molar refractivity (Wildman–Crippen MR) is 231 cm³/mol. The summed E-state index contributed by atoms with van der Waals surface area (Å²) in [6.07, 6.45) is -68.1. The second-order valence-corrected chi connectivity index (χ2v) is 19.7. The third-order valence-corrected chi connectivity index (χ3v) is 14.4. The van der Waals surface area contributed by atoms with E-state index in [1.807, 2.05) is 0 Å². The van der Waals surface area contributed by atoms with E-state index in [9.17, 15) is 117 Å². The molecule has 36 heteroatoms. The van der Waals surface area contributed by atoms with Crippen LogP contribution in [0, 0.1) is 0 Å². The van der Waals surface area contributed by atoms with Gasteiger partial charge < -0.3 is 174 Å². The SMILES string of the molecule is C[C@@H]1O[C@@H](OC[C@H]2O[C@@H](OC[C@H]3O[C@H](O[C@H]4[C@H](O)[C@@H](O)[C@H](OC[C@H]5O[C@@H](O[C@H]6[C@@H](O)[C@H](O[C@H]7[C@H](O)[C@@H](O)[C@@H](O)O[C@@H]7CO)O[C@H](CO)[C@H]6O)[C@@H](O)[C@@H](O)[C@@H]5O)O[C@@H]4C(=O)O)[C@H](O)[C@@H](O)[C@@H]3O)[C@H](O)[C@@H](O)[C@@H]2O)[C@H](O)[C@H](O)[C@H]1O. The highest BCUT2D eigenvalue weighted by Gasteiger charge is 2.57. The van der Waals surface area contributed by atoms with Crippen LogP contribution in [0.4, 0.5) is 0 Å². The van der Waals surface area contributed by atoms with E-state index in [1.165, 1.54) is 6.92 Å². The monoisotopic (exact) mass is 1150 g/mol. The summed E-state index contributed by atoms with van der Waals surface area (Å²) in [6, 6.07) is 0. The number of aliphatic hydroxyl groups is 21. The van der Waals surface area contributed by atoms with Crippen LogP contribution < -0.4 is 0 Å². The first-order valence-corrected chi connectivity index (χ1v) is 24.5. The Bertz CT molecular complexity index is 1880. The van der Waals surface area contributed by atoms with E-state index in [0.29, 0.717) is 0 Å². The minimum atomic E-state index is -2.36. The van der Waals surface area contributed by atoms with Crippen LogP contribution in [0.1, 0.15) is 6.92 Å². The standard InChI is InChI=1S/C42H70O36/c1-7-13(45)18(50)25(57)37(69-7)66-4-10-14(46)19(51)26(58)38(72-10)67-5-11-15(47)21(53)28(60)41(74-11)77-33-23(55)29(61)39(78-34(33)35(63)64)68-6-12-16(48)20(52)27(59)40(73-12)76-32-17(49)8(2-43)71-42(30(32)62)75-31-9(3-44)70-36(65)24(56)22(31)54/h7-34,36-62,65H,2-6H2,1H3,(H,63,64)/t7-,8+,9+,10+,11+,12+,13-,14+,15+,16+,17+,18+,19-,20-,21-,22+,23+,24+,25+,26+,27-,28+,29+,30+,31+,32+,33-,34-,36-,37+,38+,39+,40-,41+,42-/m0/s1. The van der Waals surface area contributed by atoms with Crippen molar-refractivity contribution in [3.63, 3.8) is 0 Å². The van der Waals surface area contributed by atoms with Gasteiger partial charge in [-0.25, -0.2) is 4.79 Å². The van der Waals surface area contributed by atoms with Crippen molar-refractivity contribution in [2.24, 2.45) is 0 Å². The molecule has 0 saturated carbocycles. The molecular weight excluding hydrogens is 1080 g/mol. The fourth-order valence-electron chi connectivity index (χ4n) is 9.60. The van der Waals surface area contributed by atoms with Gasteiger partial charge in [0.25, 0.3) is 0 Å². The van der Waals surface area contributed by atoms with Crippen LogP contribution in [-0.2, 0) is 66.4 Å². The maximum absolute atomic E-state index is 12.6. The Labute approximate surface area is 439 Å². The highest BCUT2D eigenvalue weighted by Crippen LogP contribution is 2.35. The molecule has 0 unspecified atom stereocenters. The van der Waals surface area contributed by atoms with Crippen molar-refractivity contribution in [2.45, 2.75) is 222 Å². The molecule has 7 heterocycles. The smallest absolute Gasteiger partial charge is 0.335 e. The van der Waals surface area contributed by atoms with Crippen LogP contribution >= 0.6 is 0 Å². The number of aliphatic carboxylic acids is 1. The number of hydrogen-bond donors (Lipinski definition) is 22. The van der Waals surface area contributed by atoms with E-state index in [4.69, 9.17) is 61.6 Å². The summed E-state index contributed by atoms with van der Waals surface area (Å²) in [6.45, 7) is -3.12. The fraction of sp³-hybridized carbons (Fsp3) is 0.976. The molecule has 78 heavy (non-hydrogen) atoms. The third-order valence-electron chi connectivity index (χ3n) is 14.4. The molecule has 36 nitrogen and oxygen atoms in total. The van der Waals surface area contributed by atoms with Crippen molar-refractivity contribution in [1.82, 2.24) is 0 Å². The Hall–Kier alpha value is -1.89. The van der Waals surface area contributed by atoms with Crippen molar-refractivity contribution < 1.29 is 179 Å². The van der Waals surface area contributed by atoms with Gasteiger partial charge in [-0.1, -0.05) is 0 Å². The largest absolute Gasteiger partial charge is 0.479 e. The van der Waals surface area contributed by atoms with Gasteiger partial charge >= 0.3 is 5.97 Å². The number of ether oxygens (including phenoxy) is 13. The number of rotatable bonds is 18. The molecule has 0 aromatic carbocycles. The summed E-state index contributed by atoms with van der Waals surface area (Å²) in [5.74, 6) is -1.91. The summed E-state index contributed by atoms with van der Waals surface area (Å²) < 4.78 is 70.9. The van der Waals surface area contributed by atoms with Gasteiger partial charge in [-0.2, -0.15) is 0 Å². The van der Waals surface area contributed by atoms with E-state index in [-0.39, 0.29) is 0 Å². The molecule has 7 rings (SSSR count). The summed E-state index contributed by atoms with van der Waals surface area (Å²) >= 11 is 0. The van der Waals surface area contributed by atoms with E-state index >= 15 is 0 Å². The average Bonchev–Trinajstić information content (AvgIpc) is 3.45. The van der Waals surface area contributed by atoms with Gasteiger partial charge in [0, 0.05) is 0 Å². The minimum absolute atomic E-state index is 0.680. The van der Waals surface area contributed by atoms with Gasteiger partial charge in [-0.15, -0.1) is 0 Å². The van der Waals surface area contributed by atoms with Gasteiger partial charge in [0.2, 0.25) is 0 Å². The molecule has 22 N–H and O–H groups in total. The molecular formula is C42H70O36. The highest BCUT2D eigenvalue weighted by molar-refractivity contribution is 5.73. The Morgan fingerprint density at radius 1 is 0.333 bits per heavy atom. The molecule has 0 spiro atoms. The van der Waals surface area contributed by atoms with Crippen LogP contribution in [-0.4, -0.2) is 366 Å². The van der Waals surface area contributed by atoms with E-state index in [0.717, 1.165) is 0 Å². The lowest BCUT2D eigenvalue weighted by atomic mass is 9.96. The van der Waals surface area contributed by atoms with Gasteiger partial charge in [0.05, 0.1) is 39.1 Å². The van der Waals surface area contributed by atoms with Crippen LogP contribution in [0.25, 0.3) is 0 Å². The second-order valence-electron chi connectivity index (χ2n) is 19.7. The molecule has 0 radical (unpaired) electrons. The Morgan fingerprint density at radius 2 is 0.692 bits per heavy atom. The summed E-state index contributed by atoms with van der Waals surface area (Å²) in [5.41, 5.74) is 0. The Balaban J connectivity index is 0.959. The van der Waals surface area contributed by atoms with Gasteiger partial charge in [-0.05, 0) is 6.92 Å². The molecule has 0 aliphatic carbocycles. The van der Waals surface area contributed by atoms with Crippen molar-refractivity contribution in [2.75, 3.05) is 33.0 Å². The molecule has 35 atom stereocenters. The number of carboxylic acid groups (broad SMARTS) is 1. The van der Waals surface area contributed by atoms with Crippen molar-refractivity contribution in [3.8, 4) is 0 Å². The summed E-state index contributed by atoms with van der Waals surface area (Å²) in [4.78, 5) is 12.6. The fourth-order valence-corrected chi connectivity index (χ4v) is 9.60. The normalized spacial score (nSPS) is 53.4. The molecule has 7 aliphatic heterocycles. The zero-order valence-electron chi connectivity index (χ0n) is 40.8. The van der Waals surface area contributed by atoms with E-state index in [2.05, 4.69) is 0 Å². The zero-order chi connectivity index (χ0) is 57.5. The molecule has 0 bridgehead atoms. The van der Waals surface area contributed by atoms with Crippen LogP contribution in [0.2, 0.25) is 0 Å². The number of carbonyl (C=O) groups is 1. The quantitative estimate of drug-likeness (QED) is 0.0606. The first-order chi connectivity index (χ1) is 36.7. The lowest BCUT2D eigenvalue weighted by molar-refractivity contribution is -0.382. The number of carboxylic acids is 1. The summed E-state index contributed by atoms with van der Waals surface area (Å²) in [7, 11) is 0. The first-order valence-electron chi connectivity index (χ1n) is 24.5. The molecule has 7 fully saturated rings. The molecule has 0 aromatic heterocycles. The Kier molecular flexibility index (Phi) is 21.9. The topological polar surface area (TPSA) is 582 Å². The molecule has 0 aromatic rings. The predicted octanol–water partition coefficient (Wildman–Crippen LogP) is -15.2. The lowest BCUT2D eigenvalue weighted by Gasteiger charge is -2.48. The summed E-state index contributed by atoms with van der Waals surface area (Å²) in [5, 5.41) is 232. The van der Waals surface area contributed by atoms with Crippen molar-refractivity contribution >= 4 is 5.97 Å². The molecule has 7 saturated heterocycles. The maximum atomic E-state index is 12.6. The average molecular weight is 1150 g/mol. The van der Waals surface area contributed by atoms with E-state index < -0.39 is 254 Å². The zero-order valence-corrected chi connectivity index (χ0v) is 40.8. The highest BCUT2D eigenvalue weighted by atomic mass is 16.8. The minimum Gasteiger partial charge on any atom is -0.479 e. The second kappa shape index (κ2) is 26.8. The van der Waals surface area contributed by atoms with Crippen LogP contribution in [0.15, 0.2) is 0 Å². The number of aliphatic hydroxyl groups excluding tert-OH is 21. The van der Waals surface area contributed by atoms with Crippen molar-refractivity contribution in [1.29, 1.82) is 0 Å². The first kappa shape index (κ1) is 63.7. The third kappa shape index (κ3) is 13.2. The number of hydrogen-bond acceptors (Lipinski definition) is 35.